The number of hydrogen-bond donors (Lipinski definition) is 0. The number of nitrogens with zero attached hydrogens (tertiary/aromatic N) is 2. The fourth-order valence-electron chi connectivity index (χ4n) is 11.1. The second-order valence-electron chi connectivity index (χ2n) is 16.6. The van der Waals surface area contributed by atoms with Crippen LogP contribution in [0.2, 0.25) is 0 Å². The Morgan fingerprint density at radius 3 is 1.66 bits per heavy atom. The van der Waals surface area contributed by atoms with E-state index in [9.17, 15) is 0 Å². The van der Waals surface area contributed by atoms with Crippen LogP contribution in [-0.2, 0) is 0 Å². The summed E-state index contributed by atoms with van der Waals surface area (Å²) in [6.07, 6.45) is 3.94. The number of fused-ring (bicyclic) bond motifs is 8. The van der Waals surface area contributed by atoms with Crippen molar-refractivity contribution in [1.29, 1.82) is 0 Å². The summed E-state index contributed by atoms with van der Waals surface area (Å²) in [5.41, 5.74) is 16.2. The third-order valence-electron chi connectivity index (χ3n) is 13.5. The minimum atomic E-state index is 1.11. The van der Waals surface area contributed by atoms with Crippen molar-refractivity contribution in [3.05, 3.63) is 207 Å². The van der Waals surface area contributed by atoms with Gasteiger partial charge in [-0.05, 0) is 128 Å². The number of hydrogen-bond acceptors (Lipinski definition) is 1. The number of benzene rings is 11. The molecule has 0 bridgehead atoms. The monoisotopic (exact) mass is 770 g/mol. The zero-order chi connectivity index (χ0) is 39.8. The molecule has 0 amide bonds. The van der Waals surface area contributed by atoms with E-state index in [1.165, 1.54) is 126 Å². The molecular formula is C59H34N2. The van der Waals surface area contributed by atoms with E-state index in [1.54, 1.807) is 0 Å². The Morgan fingerprint density at radius 1 is 0.328 bits per heavy atom. The van der Waals surface area contributed by atoms with Crippen LogP contribution in [-0.4, -0.2) is 9.55 Å². The quantitative estimate of drug-likeness (QED) is 0.163. The Hall–Kier alpha value is -8.07. The van der Waals surface area contributed by atoms with Crippen LogP contribution in [0.5, 0.6) is 0 Å². The predicted molar refractivity (Wildman–Crippen MR) is 258 cm³/mol. The highest BCUT2D eigenvalue weighted by Crippen LogP contribution is 2.58. The summed E-state index contributed by atoms with van der Waals surface area (Å²) in [4.78, 5) is 4.65. The van der Waals surface area contributed by atoms with Crippen molar-refractivity contribution >= 4 is 75.7 Å². The molecule has 2 heterocycles. The van der Waals surface area contributed by atoms with Gasteiger partial charge < -0.3 is 4.57 Å². The highest BCUT2D eigenvalue weighted by molar-refractivity contribution is 6.32. The van der Waals surface area contributed by atoms with Gasteiger partial charge in [0.2, 0.25) is 0 Å². The van der Waals surface area contributed by atoms with Gasteiger partial charge in [0.15, 0.2) is 0 Å². The third kappa shape index (κ3) is 4.43. The molecule has 0 atom stereocenters. The first kappa shape index (κ1) is 32.8. The maximum atomic E-state index is 4.65. The lowest BCUT2D eigenvalue weighted by molar-refractivity contribution is 1.17. The summed E-state index contributed by atoms with van der Waals surface area (Å²) in [6.45, 7) is 0. The molecule has 0 spiro atoms. The molecule has 0 fully saturated rings. The van der Waals surface area contributed by atoms with E-state index in [0.29, 0.717) is 0 Å². The number of pyridine rings is 1. The first-order valence-corrected chi connectivity index (χ1v) is 21.1. The van der Waals surface area contributed by atoms with Crippen molar-refractivity contribution in [2.45, 2.75) is 0 Å². The number of rotatable bonds is 4. The van der Waals surface area contributed by atoms with E-state index in [0.717, 1.165) is 11.2 Å². The molecule has 0 unspecified atom stereocenters. The van der Waals surface area contributed by atoms with Crippen LogP contribution < -0.4 is 0 Å². The lowest BCUT2D eigenvalue weighted by atomic mass is 9.82. The Morgan fingerprint density at radius 2 is 0.934 bits per heavy atom. The minimum Gasteiger partial charge on any atom is -0.307 e. The van der Waals surface area contributed by atoms with Gasteiger partial charge in [0.25, 0.3) is 0 Å². The van der Waals surface area contributed by atoms with Gasteiger partial charge in [-0.2, -0.15) is 0 Å². The second kappa shape index (κ2) is 12.2. The van der Waals surface area contributed by atoms with Crippen molar-refractivity contribution in [2.75, 3.05) is 0 Å². The minimum absolute atomic E-state index is 1.11. The average molecular weight is 771 g/mol. The maximum Gasteiger partial charge on any atom is 0.0724 e. The van der Waals surface area contributed by atoms with Crippen LogP contribution in [0.15, 0.2) is 207 Å². The van der Waals surface area contributed by atoms with E-state index in [4.69, 9.17) is 0 Å². The van der Waals surface area contributed by atoms with Crippen LogP contribution in [0.25, 0.3) is 137 Å². The van der Waals surface area contributed by atoms with Gasteiger partial charge in [0.1, 0.15) is 0 Å². The molecule has 0 aliphatic heterocycles. The summed E-state index contributed by atoms with van der Waals surface area (Å²) in [6, 6.07) is 72.1. The zero-order valence-corrected chi connectivity index (χ0v) is 33.0. The second-order valence-corrected chi connectivity index (χ2v) is 16.6. The molecule has 2 heteroatoms. The van der Waals surface area contributed by atoms with Gasteiger partial charge in [-0.3, -0.25) is 4.98 Å². The molecule has 2 nitrogen and oxygen atoms in total. The van der Waals surface area contributed by atoms with Crippen LogP contribution in [0.3, 0.4) is 0 Å². The molecule has 13 aromatic rings. The van der Waals surface area contributed by atoms with Crippen molar-refractivity contribution in [3.8, 4) is 61.3 Å². The Balaban J connectivity index is 0.993. The Bertz CT molecular complexity index is 3840. The highest BCUT2D eigenvalue weighted by Gasteiger charge is 2.31. The average Bonchev–Trinajstić information content (AvgIpc) is 3.84. The van der Waals surface area contributed by atoms with Crippen molar-refractivity contribution < 1.29 is 0 Å². The standard InChI is InChI=1S/C59H34N2/c1-3-11-36(12-4-1)53-45-17-7-8-18-46(45)54(37-13-5-2-6-14-37)58-48-30-29-42(44-19-10-20-47(56(44)48)57(53)58)35-23-26-41(27-24-35)61-51-34-60-32-31-43(51)50-33-40-22-21-38-15-9-16-39-25-28-49(59(50)61)55(40)52(38)39/h1-34H. The zero-order valence-electron chi connectivity index (χ0n) is 33.0. The molecule has 0 radical (unpaired) electrons. The summed E-state index contributed by atoms with van der Waals surface area (Å²) in [7, 11) is 0. The molecule has 11 aromatic carbocycles. The third-order valence-corrected chi connectivity index (χ3v) is 13.5. The van der Waals surface area contributed by atoms with Gasteiger partial charge in [-0.25, -0.2) is 0 Å². The van der Waals surface area contributed by atoms with Crippen LogP contribution in [0, 0.1) is 0 Å². The normalized spacial score (nSPS) is 12.3. The molecule has 0 N–H and O–H groups in total. The molecule has 1 aliphatic carbocycles. The molecule has 14 rings (SSSR count). The van der Waals surface area contributed by atoms with Gasteiger partial charge in [-0.1, -0.05) is 170 Å². The maximum absolute atomic E-state index is 4.65. The molecule has 2 aromatic heterocycles. The molecule has 61 heavy (non-hydrogen) atoms. The van der Waals surface area contributed by atoms with Gasteiger partial charge in [0.05, 0.1) is 17.2 Å². The van der Waals surface area contributed by atoms with Gasteiger partial charge in [0, 0.05) is 28.0 Å². The predicted octanol–water partition coefficient (Wildman–Crippen LogP) is 16.0. The molecule has 280 valence electrons. The van der Waals surface area contributed by atoms with E-state index in [1.807, 2.05) is 12.4 Å². The van der Waals surface area contributed by atoms with E-state index in [-0.39, 0.29) is 0 Å². The topological polar surface area (TPSA) is 17.8 Å². The fraction of sp³-hybridized carbons (Fsp3) is 0. The first-order chi connectivity index (χ1) is 30.3. The van der Waals surface area contributed by atoms with Crippen molar-refractivity contribution in [3.63, 3.8) is 0 Å². The summed E-state index contributed by atoms with van der Waals surface area (Å²) < 4.78 is 2.43. The van der Waals surface area contributed by atoms with Gasteiger partial charge in [-0.15, -0.1) is 0 Å². The molecule has 0 saturated heterocycles. The smallest absolute Gasteiger partial charge is 0.0724 e. The number of aromatic nitrogens is 2. The van der Waals surface area contributed by atoms with Crippen molar-refractivity contribution in [1.82, 2.24) is 9.55 Å². The first-order valence-electron chi connectivity index (χ1n) is 21.1. The van der Waals surface area contributed by atoms with Crippen molar-refractivity contribution in [2.24, 2.45) is 0 Å². The van der Waals surface area contributed by atoms with Gasteiger partial charge >= 0.3 is 0 Å². The van der Waals surface area contributed by atoms with E-state index >= 15 is 0 Å². The lowest BCUT2D eigenvalue weighted by Gasteiger charge is -2.20. The summed E-state index contributed by atoms with van der Waals surface area (Å²) >= 11 is 0. The molecule has 1 aliphatic rings. The van der Waals surface area contributed by atoms with Crippen LogP contribution in [0.1, 0.15) is 0 Å². The Labute approximate surface area is 351 Å². The van der Waals surface area contributed by atoms with Crippen LogP contribution >= 0.6 is 0 Å². The van der Waals surface area contributed by atoms with Crippen LogP contribution in [0.4, 0.5) is 0 Å². The lowest BCUT2D eigenvalue weighted by Crippen LogP contribution is -1.95. The Kier molecular flexibility index (Phi) is 6.59. The SMILES string of the molecule is c1ccc(-c2c3c(c(-c4ccccc4)c4ccccc24)-c2ccc(-c4ccc(-n5c6cnccc6c6cc7ccc8cccc9ccc(c7c89)c65)cc4)c4cccc-3c24)cc1. The highest BCUT2D eigenvalue weighted by atomic mass is 15.0. The van der Waals surface area contributed by atoms with E-state index in [2.05, 4.69) is 204 Å². The summed E-state index contributed by atoms with van der Waals surface area (Å²) in [5.74, 6) is 0. The fourth-order valence-corrected chi connectivity index (χ4v) is 11.1. The molecular weight excluding hydrogens is 737 g/mol. The van der Waals surface area contributed by atoms with E-state index < -0.39 is 0 Å². The summed E-state index contributed by atoms with van der Waals surface area (Å²) in [5, 5.41) is 15.3. The molecule has 0 saturated carbocycles. The largest absolute Gasteiger partial charge is 0.307 e.